The van der Waals surface area contributed by atoms with Crippen LogP contribution in [0.5, 0.6) is 0 Å². The molecule has 6 nitrogen and oxygen atoms in total. The van der Waals surface area contributed by atoms with Gasteiger partial charge in [0, 0.05) is 5.56 Å². The Morgan fingerprint density at radius 2 is 1.50 bits per heavy atom. The fourth-order valence-electron chi connectivity index (χ4n) is 5.13. The lowest BCUT2D eigenvalue weighted by atomic mass is 9.84. The van der Waals surface area contributed by atoms with E-state index in [9.17, 15) is 9.59 Å². The van der Waals surface area contributed by atoms with Crippen molar-refractivity contribution in [3.63, 3.8) is 0 Å². The van der Waals surface area contributed by atoms with Crippen molar-refractivity contribution in [1.29, 1.82) is 0 Å². The summed E-state index contributed by atoms with van der Waals surface area (Å²) in [4.78, 5) is 25.9. The van der Waals surface area contributed by atoms with E-state index in [0.29, 0.717) is 11.0 Å². The van der Waals surface area contributed by atoms with Crippen LogP contribution in [-0.4, -0.2) is 39.6 Å². The zero-order valence-electron chi connectivity index (χ0n) is 22.3. The molecule has 1 atom stereocenters. The van der Waals surface area contributed by atoms with E-state index in [-0.39, 0.29) is 22.6 Å². The Bertz CT molecular complexity index is 1410. The van der Waals surface area contributed by atoms with Gasteiger partial charge in [0.2, 0.25) is 9.04 Å². The second-order valence-corrected chi connectivity index (χ2v) is 12.4. The number of aryl methyl sites for hydroxylation is 1. The number of rotatable bonds is 7. The smallest absolute Gasteiger partial charge is 0.340 e. The zero-order chi connectivity index (χ0) is 26.4. The molecule has 0 aliphatic heterocycles. The third-order valence-electron chi connectivity index (χ3n) is 6.58. The molecule has 0 saturated heterocycles. The predicted octanol–water partition coefficient (Wildman–Crippen LogP) is 6.69. The monoisotopic (exact) mass is 504 g/mol. The predicted molar refractivity (Wildman–Crippen MR) is 144 cm³/mol. The van der Waals surface area contributed by atoms with Gasteiger partial charge in [-0.2, -0.15) is 0 Å². The van der Waals surface area contributed by atoms with Crippen molar-refractivity contribution >= 4 is 37.5 Å². The van der Waals surface area contributed by atoms with E-state index in [4.69, 9.17) is 13.9 Å². The molecular weight excluding hydrogens is 470 g/mol. The minimum absolute atomic E-state index is 0.0209. The molecule has 1 aromatic carbocycles. The highest BCUT2D eigenvalue weighted by Gasteiger charge is 2.33. The van der Waals surface area contributed by atoms with Crippen molar-refractivity contribution in [2.45, 2.75) is 53.3 Å². The molecule has 1 radical (unpaired) electrons. The Morgan fingerprint density at radius 1 is 0.917 bits per heavy atom. The third-order valence-corrected chi connectivity index (χ3v) is 7.29. The first-order chi connectivity index (χ1) is 17.0. The summed E-state index contributed by atoms with van der Waals surface area (Å²) >= 11 is 0. The molecule has 3 heterocycles. The number of esters is 2. The van der Waals surface area contributed by atoms with Crippen molar-refractivity contribution in [1.82, 2.24) is 4.40 Å². The number of aromatic nitrogens is 1. The molecule has 0 amide bonds. The van der Waals surface area contributed by atoms with Crippen LogP contribution in [0.15, 0.2) is 42.5 Å². The molecule has 0 spiro atoms. The zero-order valence-corrected chi connectivity index (χ0v) is 23.3. The van der Waals surface area contributed by atoms with Crippen molar-refractivity contribution < 1.29 is 23.5 Å². The minimum atomic E-state index is -0.896. The summed E-state index contributed by atoms with van der Waals surface area (Å²) < 4.78 is 18.6. The van der Waals surface area contributed by atoms with Crippen LogP contribution in [0.3, 0.4) is 0 Å². The lowest BCUT2D eigenvalue weighted by Gasteiger charge is -2.33. The number of methoxy groups -OCH3 is 2. The molecule has 7 heteroatoms. The minimum Gasteiger partial charge on any atom is -0.465 e. The first-order valence-corrected chi connectivity index (χ1v) is 14.6. The lowest BCUT2D eigenvalue weighted by molar-refractivity contribution is 0.0559. The van der Waals surface area contributed by atoms with Gasteiger partial charge in [0.25, 0.3) is 0 Å². The average Bonchev–Trinajstić information content (AvgIpc) is 3.36. The molecule has 3 aromatic heterocycles. The van der Waals surface area contributed by atoms with Gasteiger partial charge in [-0.25, -0.2) is 9.59 Å². The Morgan fingerprint density at radius 3 is 2.03 bits per heavy atom. The van der Waals surface area contributed by atoms with Crippen LogP contribution >= 0.6 is 0 Å². The van der Waals surface area contributed by atoms with Gasteiger partial charge in [0.15, 0.2) is 0 Å². The number of nitrogens with zero attached hydrogens (tertiary/aromatic N) is 1. The van der Waals surface area contributed by atoms with Crippen LogP contribution in [0.1, 0.15) is 65.6 Å². The summed E-state index contributed by atoms with van der Waals surface area (Å²) in [7, 11) is 1.76. The van der Waals surface area contributed by atoms with Crippen LogP contribution in [0, 0.1) is 5.41 Å². The number of pyridine rings is 1. The number of benzene rings is 1. The highest BCUT2D eigenvalue weighted by Crippen LogP contribution is 2.43. The highest BCUT2D eigenvalue weighted by molar-refractivity contribution is 6.48. The third kappa shape index (κ3) is 4.20. The van der Waals surface area contributed by atoms with E-state index in [1.807, 2.05) is 22.6 Å². The van der Waals surface area contributed by atoms with Gasteiger partial charge in [-0.3, -0.25) is 0 Å². The summed E-state index contributed by atoms with van der Waals surface area (Å²) in [5.41, 5.74) is 6.82. The molecule has 0 N–H and O–H groups in total. The first-order valence-electron chi connectivity index (χ1n) is 12.2. The number of carbonyl (C=O) groups excluding carboxylic acids is 2. The SMILES string of the molecule is CCc1c(-c2ccc(C(O[Si](C)C)C(C)(C)C)cc2)c2c(C(=O)OC)c(C(=O)OC)c3cccc1n32. The maximum atomic E-state index is 13.1. The summed E-state index contributed by atoms with van der Waals surface area (Å²) in [6, 6.07) is 14.2. The Labute approximate surface area is 214 Å². The topological polar surface area (TPSA) is 66.2 Å². The van der Waals surface area contributed by atoms with Gasteiger partial charge in [-0.1, -0.05) is 58.0 Å². The summed E-state index contributed by atoms with van der Waals surface area (Å²) in [5, 5.41) is 0. The fraction of sp³-hybridized carbons (Fsp3) is 0.379. The van der Waals surface area contributed by atoms with Gasteiger partial charge in [-0.15, -0.1) is 0 Å². The van der Waals surface area contributed by atoms with Gasteiger partial charge in [-0.05, 0) is 53.8 Å². The molecule has 0 bridgehead atoms. The van der Waals surface area contributed by atoms with E-state index in [1.54, 1.807) is 0 Å². The molecule has 0 aliphatic carbocycles. The number of hydrogen-bond acceptors (Lipinski definition) is 5. The molecule has 0 fully saturated rings. The Balaban J connectivity index is 2.01. The Kier molecular flexibility index (Phi) is 6.99. The second kappa shape index (κ2) is 9.71. The molecule has 1 unspecified atom stereocenters. The maximum Gasteiger partial charge on any atom is 0.340 e. The van der Waals surface area contributed by atoms with Crippen LogP contribution in [0.2, 0.25) is 13.1 Å². The number of hydrogen-bond donors (Lipinski definition) is 0. The summed E-state index contributed by atoms with van der Waals surface area (Å²) in [5.74, 6) is -1.12. The normalized spacial score (nSPS) is 13.0. The van der Waals surface area contributed by atoms with Crippen molar-refractivity contribution in [2.24, 2.45) is 5.41 Å². The molecule has 0 saturated carbocycles. The highest BCUT2D eigenvalue weighted by atomic mass is 28.3. The summed E-state index contributed by atoms with van der Waals surface area (Å²) in [6.45, 7) is 13.0. The van der Waals surface area contributed by atoms with E-state index in [1.165, 1.54) is 14.2 Å². The number of ether oxygens (including phenoxy) is 2. The van der Waals surface area contributed by atoms with E-state index >= 15 is 0 Å². The van der Waals surface area contributed by atoms with Crippen LogP contribution in [-0.2, 0) is 20.3 Å². The van der Waals surface area contributed by atoms with Crippen LogP contribution in [0.4, 0.5) is 0 Å². The first kappa shape index (κ1) is 25.9. The molecule has 4 rings (SSSR count). The van der Waals surface area contributed by atoms with Crippen molar-refractivity contribution in [3.8, 4) is 11.1 Å². The lowest BCUT2D eigenvalue weighted by Crippen LogP contribution is -2.25. The van der Waals surface area contributed by atoms with E-state index in [0.717, 1.165) is 34.2 Å². The maximum absolute atomic E-state index is 13.1. The molecule has 4 aromatic rings. The standard InChI is InChI=1S/C29H34NO5Si/c1-9-19-20-11-10-12-21-23(27(31)33-5)24(28(32)34-6)25(30(20)21)22(19)17-13-15-18(16-14-17)26(29(2,3)4)35-36(7)8/h10-16,26H,9H2,1-8H3. The quantitative estimate of drug-likeness (QED) is 0.207. The average molecular weight is 505 g/mol. The summed E-state index contributed by atoms with van der Waals surface area (Å²) in [6.07, 6.45) is 0.740. The van der Waals surface area contributed by atoms with E-state index in [2.05, 4.69) is 65.1 Å². The molecule has 0 aliphatic rings. The van der Waals surface area contributed by atoms with Crippen LogP contribution in [0.25, 0.3) is 27.7 Å². The van der Waals surface area contributed by atoms with Crippen molar-refractivity contribution in [3.05, 3.63) is 64.7 Å². The van der Waals surface area contributed by atoms with Crippen LogP contribution < -0.4 is 0 Å². The van der Waals surface area contributed by atoms with Crippen molar-refractivity contribution in [2.75, 3.05) is 14.2 Å². The van der Waals surface area contributed by atoms with Gasteiger partial charge in [0.05, 0.1) is 36.9 Å². The largest absolute Gasteiger partial charge is 0.465 e. The second-order valence-electron chi connectivity index (χ2n) is 10.3. The van der Waals surface area contributed by atoms with Gasteiger partial charge < -0.3 is 18.3 Å². The van der Waals surface area contributed by atoms with Gasteiger partial charge >= 0.3 is 11.9 Å². The fourth-order valence-corrected chi connectivity index (χ4v) is 6.09. The van der Waals surface area contributed by atoms with E-state index < -0.39 is 21.0 Å². The van der Waals surface area contributed by atoms with Gasteiger partial charge in [0.1, 0.15) is 11.1 Å². The number of carbonyl (C=O) groups is 2. The molecule has 189 valence electrons. The molecule has 36 heavy (non-hydrogen) atoms. The Hall–Kier alpha value is -3.16. The molecular formula is C29H34NO5Si.